The number of nitrogens with zero attached hydrogens (tertiary/aromatic N) is 1. The fourth-order valence-electron chi connectivity index (χ4n) is 2.01. The van der Waals surface area contributed by atoms with Crippen molar-refractivity contribution < 1.29 is 8.42 Å². The molecule has 0 saturated carbocycles. The van der Waals surface area contributed by atoms with Crippen LogP contribution in [0.5, 0.6) is 0 Å². The number of primary sulfonamides is 1. The number of piperidine rings is 1. The Morgan fingerprint density at radius 1 is 1.31 bits per heavy atom. The monoisotopic (exact) mass is 249 g/mol. The molecule has 1 fully saturated rings. The Hall–Kier alpha value is -0.170. The second-order valence-corrected chi connectivity index (χ2v) is 6.25. The average molecular weight is 249 g/mol. The van der Waals surface area contributed by atoms with Gasteiger partial charge in [-0.15, -0.1) is 0 Å². The lowest BCUT2D eigenvalue weighted by Gasteiger charge is -2.32. The van der Waals surface area contributed by atoms with E-state index in [2.05, 4.69) is 17.1 Å². The van der Waals surface area contributed by atoms with Crippen molar-refractivity contribution in [2.24, 2.45) is 5.14 Å². The summed E-state index contributed by atoms with van der Waals surface area (Å²) in [6.45, 7) is 5.78. The van der Waals surface area contributed by atoms with Crippen LogP contribution in [0.3, 0.4) is 0 Å². The third kappa shape index (κ3) is 5.79. The summed E-state index contributed by atoms with van der Waals surface area (Å²) in [7, 11) is -3.32. The minimum Gasteiger partial charge on any atom is -0.314 e. The van der Waals surface area contributed by atoms with E-state index in [1.54, 1.807) is 0 Å². The molecule has 16 heavy (non-hydrogen) atoms. The minimum absolute atomic E-state index is 0.0136. The van der Waals surface area contributed by atoms with Crippen LogP contribution < -0.4 is 10.5 Å². The molecule has 0 aliphatic carbocycles. The molecule has 96 valence electrons. The van der Waals surface area contributed by atoms with Crippen molar-refractivity contribution in [1.82, 2.24) is 10.2 Å². The van der Waals surface area contributed by atoms with Gasteiger partial charge in [-0.25, -0.2) is 13.6 Å². The zero-order chi connectivity index (χ0) is 12.0. The van der Waals surface area contributed by atoms with Crippen molar-refractivity contribution in [3.8, 4) is 0 Å². The van der Waals surface area contributed by atoms with Crippen LogP contribution in [0.4, 0.5) is 0 Å². The molecule has 1 aliphatic rings. The van der Waals surface area contributed by atoms with Crippen molar-refractivity contribution in [1.29, 1.82) is 0 Å². The second kappa shape index (κ2) is 6.54. The van der Waals surface area contributed by atoms with E-state index in [1.807, 2.05) is 0 Å². The maximum absolute atomic E-state index is 10.7. The summed E-state index contributed by atoms with van der Waals surface area (Å²) >= 11 is 0. The summed E-state index contributed by atoms with van der Waals surface area (Å²) < 4.78 is 21.4. The Bertz CT molecular complexity index is 286. The molecule has 0 radical (unpaired) electrons. The fraction of sp³-hybridized carbons (Fsp3) is 1.00. The van der Waals surface area contributed by atoms with E-state index in [0.29, 0.717) is 12.6 Å². The van der Waals surface area contributed by atoms with Crippen LogP contribution >= 0.6 is 0 Å². The van der Waals surface area contributed by atoms with Crippen molar-refractivity contribution in [3.05, 3.63) is 0 Å². The molecule has 0 aromatic carbocycles. The molecular formula is C10H23N3O2S. The van der Waals surface area contributed by atoms with Crippen LogP contribution in [-0.2, 0) is 10.0 Å². The molecule has 1 rings (SSSR count). The lowest BCUT2D eigenvalue weighted by atomic mass is 10.1. The summed E-state index contributed by atoms with van der Waals surface area (Å²) in [6, 6.07) is 0.473. The number of sulfonamides is 1. The Labute approximate surface area is 98.4 Å². The maximum atomic E-state index is 10.7. The molecule has 0 bridgehead atoms. The minimum atomic E-state index is -3.32. The quantitative estimate of drug-likeness (QED) is 0.636. The molecule has 1 heterocycles. The third-order valence-corrected chi connectivity index (χ3v) is 3.79. The van der Waals surface area contributed by atoms with Crippen LogP contribution in [0.1, 0.15) is 26.2 Å². The largest absolute Gasteiger partial charge is 0.314 e. The van der Waals surface area contributed by atoms with Crippen LogP contribution in [0.2, 0.25) is 0 Å². The maximum Gasteiger partial charge on any atom is 0.210 e. The predicted octanol–water partition coefficient (Wildman–Crippen LogP) is -0.261. The summed E-state index contributed by atoms with van der Waals surface area (Å²) in [5, 5.41) is 8.06. The van der Waals surface area contributed by atoms with Gasteiger partial charge in [0.05, 0.1) is 5.75 Å². The molecule has 6 heteroatoms. The highest BCUT2D eigenvalue weighted by molar-refractivity contribution is 7.89. The lowest BCUT2D eigenvalue weighted by molar-refractivity contribution is 0.171. The van der Waals surface area contributed by atoms with E-state index in [0.717, 1.165) is 19.6 Å². The molecule has 5 nitrogen and oxygen atoms in total. The lowest BCUT2D eigenvalue weighted by Crippen LogP contribution is -2.44. The van der Waals surface area contributed by atoms with Gasteiger partial charge in [-0.2, -0.15) is 0 Å². The first-order chi connectivity index (χ1) is 7.49. The van der Waals surface area contributed by atoms with Gasteiger partial charge in [0.2, 0.25) is 10.0 Å². The summed E-state index contributed by atoms with van der Waals surface area (Å²) in [5.41, 5.74) is 0. The standard InChI is InChI=1S/C10H23N3O2S/c1-10(13-6-3-2-4-7-13)9-12-5-8-16(11,14)15/h10,12H,2-9H2,1H3,(H2,11,14,15). The van der Waals surface area contributed by atoms with Crippen LogP contribution in [0.15, 0.2) is 0 Å². The van der Waals surface area contributed by atoms with Crippen LogP contribution in [-0.4, -0.2) is 51.3 Å². The molecule has 1 saturated heterocycles. The summed E-state index contributed by atoms with van der Waals surface area (Å²) in [6.07, 6.45) is 3.89. The highest BCUT2D eigenvalue weighted by Crippen LogP contribution is 2.11. The van der Waals surface area contributed by atoms with E-state index in [1.165, 1.54) is 19.3 Å². The van der Waals surface area contributed by atoms with Crippen molar-refractivity contribution in [2.45, 2.75) is 32.2 Å². The molecule has 3 N–H and O–H groups in total. The first-order valence-electron chi connectivity index (χ1n) is 5.94. The smallest absolute Gasteiger partial charge is 0.210 e. The van der Waals surface area contributed by atoms with Crippen LogP contribution in [0.25, 0.3) is 0 Å². The number of nitrogens with two attached hydrogens (primary N) is 1. The van der Waals surface area contributed by atoms with Gasteiger partial charge in [0.1, 0.15) is 0 Å². The molecule has 1 aliphatic heterocycles. The van der Waals surface area contributed by atoms with Gasteiger partial charge in [0.15, 0.2) is 0 Å². The van der Waals surface area contributed by atoms with Crippen molar-refractivity contribution in [3.63, 3.8) is 0 Å². The Balaban J connectivity index is 2.12. The Morgan fingerprint density at radius 2 is 1.94 bits per heavy atom. The molecule has 0 aromatic rings. The SMILES string of the molecule is CC(CNCCS(N)(=O)=O)N1CCCCC1. The van der Waals surface area contributed by atoms with E-state index >= 15 is 0 Å². The van der Waals surface area contributed by atoms with Gasteiger partial charge in [-0.05, 0) is 32.9 Å². The van der Waals surface area contributed by atoms with E-state index in [4.69, 9.17) is 5.14 Å². The van der Waals surface area contributed by atoms with E-state index < -0.39 is 10.0 Å². The van der Waals surface area contributed by atoms with Gasteiger partial charge in [0.25, 0.3) is 0 Å². The zero-order valence-electron chi connectivity index (χ0n) is 9.98. The highest BCUT2D eigenvalue weighted by Gasteiger charge is 2.15. The van der Waals surface area contributed by atoms with E-state index in [-0.39, 0.29) is 5.75 Å². The number of rotatable bonds is 6. The van der Waals surface area contributed by atoms with Gasteiger partial charge in [-0.1, -0.05) is 6.42 Å². The number of likely N-dealkylation sites (tertiary alicyclic amines) is 1. The first-order valence-corrected chi connectivity index (χ1v) is 7.66. The van der Waals surface area contributed by atoms with Gasteiger partial charge in [0, 0.05) is 19.1 Å². The average Bonchev–Trinajstić information content (AvgIpc) is 2.24. The van der Waals surface area contributed by atoms with Gasteiger partial charge in [-0.3, -0.25) is 4.90 Å². The number of hydrogen-bond acceptors (Lipinski definition) is 4. The summed E-state index contributed by atoms with van der Waals surface area (Å²) in [5.74, 6) is 0.0136. The Kier molecular flexibility index (Phi) is 5.68. The molecule has 1 unspecified atom stereocenters. The molecule has 1 atom stereocenters. The highest BCUT2D eigenvalue weighted by atomic mass is 32.2. The number of hydrogen-bond donors (Lipinski definition) is 2. The second-order valence-electron chi connectivity index (χ2n) is 4.52. The normalized spacial score (nSPS) is 20.9. The topological polar surface area (TPSA) is 75.4 Å². The van der Waals surface area contributed by atoms with Gasteiger partial charge < -0.3 is 5.32 Å². The predicted molar refractivity (Wildman–Crippen MR) is 65.7 cm³/mol. The Morgan fingerprint density at radius 3 is 2.50 bits per heavy atom. The first kappa shape index (κ1) is 13.9. The fourth-order valence-corrected chi connectivity index (χ4v) is 2.44. The van der Waals surface area contributed by atoms with Crippen LogP contribution in [0, 0.1) is 0 Å². The van der Waals surface area contributed by atoms with Crippen molar-refractivity contribution in [2.75, 3.05) is 31.9 Å². The number of nitrogens with one attached hydrogen (secondary N) is 1. The van der Waals surface area contributed by atoms with Crippen molar-refractivity contribution >= 4 is 10.0 Å². The zero-order valence-corrected chi connectivity index (χ0v) is 10.8. The molecule has 0 amide bonds. The van der Waals surface area contributed by atoms with Gasteiger partial charge >= 0.3 is 0 Å². The molecule has 0 spiro atoms. The third-order valence-electron chi connectivity index (χ3n) is 3.02. The molecular weight excluding hydrogens is 226 g/mol. The van der Waals surface area contributed by atoms with E-state index in [9.17, 15) is 8.42 Å². The summed E-state index contributed by atoms with van der Waals surface area (Å²) in [4.78, 5) is 2.45. The molecule has 0 aromatic heterocycles.